The number of aromatic nitrogens is 3. The number of hydrogen-bond donors (Lipinski definition) is 2. The Hall–Kier alpha value is -2.82. The van der Waals surface area contributed by atoms with Gasteiger partial charge in [-0.2, -0.15) is 13.2 Å². The second kappa shape index (κ2) is 7.66. The third-order valence-corrected chi connectivity index (χ3v) is 4.02. The van der Waals surface area contributed by atoms with Gasteiger partial charge < -0.3 is 10.3 Å². The summed E-state index contributed by atoms with van der Waals surface area (Å²) >= 11 is 5.54. The Morgan fingerprint density at radius 3 is 2.43 bits per heavy atom. The second-order valence-electron chi connectivity index (χ2n) is 6.45. The van der Waals surface area contributed by atoms with Crippen molar-refractivity contribution in [1.82, 2.24) is 14.1 Å². The maximum absolute atomic E-state index is 12.9. The number of nitrogens with two attached hydrogens (primary N) is 1. The first kappa shape index (κ1) is 21.5. The summed E-state index contributed by atoms with van der Waals surface area (Å²) in [7, 11) is 0. The lowest BCUT2D eigenvalue weighted by molar-refractivity contribution is -0.138. The largest absolute Gasteiger partial charge is 0.417 e. The summed E-state index contributed by atoms with van der Waals surface area (Å²) in [6, 6.07) is 0.439. The molecule has 8 nitrogen and oxygen atoms in total. The fourth-order valence-corrected chi connectivity index (χ4v) is 2.74. The molecule has 0 aliphatic carbocycles. The first-order valence-corrected chi connectivity index (χ1v) is 8.33. The number of pyridine rings is 1. The van der Waals surface area contributed by atoms with E-state index >= 15 is 0 Å². The Kier molecular flexibility index (Phi) is 5.88. The third kappa shape index (κ3) is 4.35. The monoisotopic (exact) mass is 420 g/mol. The van der Waals surface area contributed by atoms with Gasteiger partial charge in [0.2, 0.25) is 0 Å². The van der Waals surface area contributed by atoms with E-state index in [0.29, 0.717) is 16.8 Å². The molecule has 12 heteroatoms. The fourth-order valence-electron chi connectivity index (χ4n) is 2.51. The van der Waals surface area contributed by atoms with Gasteiger partial charge in [0.05, 0.1) is 12.1 Å². The maximum atomic E-state index is 12.9. The van der Waals surface area contributed by atoms with Crippen molar-refractivity contribution in [2.24, 2.45) is 5.92 Å². The number of carbonyl (C=O) groups excluding carboxylic acids is 1. The number of nitrogens with one attached hydrogen (secondary N) is 1. The zero-order chi connectivity index (χ0) is 21.4. The molecule has 0 saturated carbocycles. The summed E-state index contributed by atoms with van der Waals surface area (Å²) in [5.41, 5.74) is 0.947. The Morgan fingerprint density at radius 2 is 1.89 bits per heavy atom. The van der Waals surface area contributed by atoms with Crippen LogP contribution in [0.2, 0.25) is 5.02 Å². The van der Waals surface area contributed by atoms with E-state index in [1.54, 1.807) is 13.8 Å². The van der Waals surface area contributed by atoms with Crippen molar-refractivity contribution in [2.45, 2.75) is 33.1 Å². The lowest BCUT2D eigenvalue weighted by atomic mass is 10.1. The van der Waals surface area contributed by atoms with Crippen LogP contribution in [0.3, 0.4) is 0 Å². The number of carbonyl (C=O) groups is 1. The molecule has 0 radical (unpaired) electrons. The standard InChI is InChI=1S/C16H16ClF3N4O4/c1-7(2)4-24-12(21)11(13(26)22-15(24)28)10(25)6-23-5-8(16(18,19)20)3-9(17)14(23)27/h3,5,7H,4,6,21H2,1-2H3,(H,22,26,28). The van der Waals surface area contributed by atoms with E-state index < -0.39 is 57.3 Å². The molecule has 0 spiro atoms. The van der Waals surface area contributed by atoms with Gasteiger partial charge in [-0.05, 0) is 12.0 Å². The number of Topliss-reactive ketones (excluding diaryl/α,β-unsaturated/α-hetero) is 1. The van der Waals surface area contributed by atoms with Gasteiger partial charge in [0.1, 0.15) is 16.4 Å². The number of halogens is 4. The zero-order valence-corrected chi connectivity index (χ0v) is 15.5. The van der Waals surface area contributed by atoms with Crippen LogP contribution in [-0.4, -0.2) is 19.9 Å². The van der Waals surface area contributed by atoms with Crippen LogP contribution < -0.4 is 22.5 Å². The highest BCUT2D eigenvalue weighted by atomic mass is 35.5. The summed E-state index contributed by atoms with van der Waals surface area (Å²) < 4.78 is 40.2. The highest BCUT2D eigenvalue weighted by Gasteiger charge is 2.32. The van der Waals surface area contributed by atoms with E-state index in [2.05, 4.69) is 0 Å². The molecule has 28 heavy (non-hydrogen) atoms. The molecule has 0 fully saturated rings. The van der Waals surface area contributed by atoms with E-state index in [1.807, 2.05) is 4.98 Å². The maximum Gasteiger partial charge on any atom is 0.417 e. The van der Waals surface area contributed by atoms with Crippen LogP contribution in [0.4, 0.5) is 19.0 Å². The minimum atomic E-state index is -4.80. The highest BCUT2D eigenvalue weighted by molar-refractivity contribution is 6.30. The van der Waals surface area contributed by atoms with E-state index in [9.17, 15) is 32.3 Å². The molecule has 0 aliphatic heterocycles. The van der Waals surface area contributed by atoms with E-state index in [0.717, 1.165) is 4.57 Å². The van der Waals surface area contributed by atoms with E-state index in [4.69, 9.17) is 17.3 Å². The van der Waals surface area contributed by atoms with Crippen molar-refractivity contribution in [1.29, 1.82) is 0 Å². The molecule has 0 bridgehead atoms. The molecule has 0 aromatic carbocycles. The first-order chi connectivity index (χ1) is 12.8. The van der Waals surface area contributed by atoms with E-state index in [-0.39, 0.29) is 12.5 Å². The Bertz CT molecular complexity index is 1100. The molecular formula is C16H16ClF3N4O4. The van der Waals surface area contributed by atoms with Gasteiger partial charge >= 0.3 is 11.9 Å². The molecule has 3 N–H and O–H groups in total. The molecule has 0 unspecified atom stereocenters. The van der Waals surface area contributed by atoms with Crippen molar-refractivity contribution in [2.75, 3.05) is 5.73 Å². The van der Waals surface area contributed by atoms with Gasteiger partial charge in [0.25, 0.3) is 11.1 Å². The molecule has 0 aliphatic rings. The molecule has 0 saturated heterocycles. The van der Waals surface area contributed by atoms with Gasteiger partial charge in [-0.15, -0.1) is 0 Å². The van der Waals surface area contributed by atoms with Crippen molar-refractivity contribution in [3.05, 3.63) is 59.6 Å². The predicted molar refractivity (Wildman–Crippen MR) is 95.6 cm³/mol. The summed E-state index contributed by atoms with van der Waals surface area (Å²) in [5.74, 6) is -1.54. The number of hydrogen-bond acceptors (Lipinski definition) is 5. The average Bonchev–Trinajstić information content (AvgIpc) is 2.54. The van der Waals surface area contributed by atoms with Gasteiger partial charge in [0, 0.05) is 12.7 Å². The van der Waals surface area contributed by atoms with Crippen LogP contribution in [0.5, 0.6) is 0 Å². The molecule has 2 heterocycles. The number of anilines is 1. The number of alkyl halides is 3. The highest BCUT2D eigenvalue weighted by Crippen LogP contribution is 2.29. The smallest absolute Gasteiger partial charge is 0.384 e. The number of rotatable bonds is 5. The molecular weight excluding hydrogens is 405 g/mol. The fraction of sp³-hybridized carbons (Fsp3) is 0.375. The van der Waals surface area contributed by atoms with Crippen LogP contribution in [0.15, 0.2) is 26.6 Å². The van der Waals surface area contributed by atoms with Gasteiger partial charge in [-0.25, -0.2) is 4.79 Å². The van der Waals surface area contributed by atoms with Crippen LogP contribution >= 0.6 is 11.6 Å². The van der Waals surface area contributed by atoms with Crippen LogP contribution in [-0.2, 0) is 19.3 Å². The van der Waals surface area contributed by atoms with Crippen molar-refractivity contribution in [3.63, 3.8) is 0 Å². The number of H-pyrrole nitrogens is 1. The first-order valence-electron chi connectivity index (χ1n) is 7.96. The van der Waals surface area contributed by atoms with Gasteiger partial charge in [-0.3, -0.25) is 23.9 Å². The molecule has 2 aromatic heterocycles. The quantitative estimate of drug-likeness (QED) is 0.710. The lowest BCUT2D eigenvalue weighted by Gasteiger charge is -2.15. The minimum Gasteiger partial charge on any atom is -0.384 e. The van der Waals surface area contributed by atoms with Gasteiger partial charge in [0.15, 0.2) is 5.78 Å². The molecule has 0 amide bonds. The molecule has 2 aromatic rings. The van der Waals surface area contributed by atoms with Crippen molar-refractivity contribution < 1.29 is 18.0 Å². The number of aromatic amines is 1. The Balaban J connectivity index is 2.55. The normalized spacial score (nSPS) is 11.8. The van der Waals surface area contributed by atoms with Crippen molar-refractivity contribution >= 4 is 23.2 Å². The van der Waals surface area contributed by atoms with Crippen molar-refractivity contribution in [3.8, 4) is 0 Å². The summed E-state index contributed by atoms with van der Waals surface area (Å²) in [4.78, 5) is 50.4. The van der Waals surface area contributed by atoms with Crippen LogP contribution in [0.1, 0.15) is 29.8 Å². The summed E-state index contributed by atoms with van der Waals surface area (Å²) in [5, 5.41) is -0.741. The molecule has 2 rings (SSSR count). The summed E-state index contributed by atoms with van der Waals surface area (Å²) in [6.45, 7) is 2.71. The Labute approximate surface area is 160 Å². The predicted octanol–water partition coefficient (Wildman–Crippen LogP) is 1.49. The SMILES string of the molecule is CC(C)Cn1c(N)c(C(=O)Cn2cc(C(F)(F)F)cc(Cl)c2=O)c(=O)[nH]c1=O. The molecule has 0 atom stereocenters. The van der Waals surface area contributed by atoms with Crippen LogP contribution in [0.25, 0.3) is 0 Å². The number of nitrogen functional groups attached to an aromatic ring is 1. The lowest BCUT2D eigenvalue weighted by Crippen LogP contribution is -2.38. The Morgan fingerprint density at radius 1 is 1.29 bits per heavy atom. The summed E-state index contributed by atoms with van der Waals surface area (Å²) in [6.07, 6.45) is -4.39. The zero-order valence-electron chi connectivity index (χ0n) is 14.8. The minimum absolute atomic E-state index is 0.0567. The molecule has 152 valence electrons. The van der Waals surface area contributed by atoms with Gasteiger partial charge in [-0.1, -0.05) is 25.4 Å². The average molecular weight is 421 g/mol. The number of ketones is 1. The number of nitrogens with zero attached hydrogens (tertiary/aromatic N) is 2. The second-order valence-corrected chi connectivity index (χ2v) is 6.86. The van der Waals surface area contributed by atoms with E-state index in [1.165, 1.54) is 0 Å². The van der Waals surface area contributed by atoms with Crippen LogP contribution in [0, 0.1) is 5.92 Å². The topological polar surface area (TPSA) is 120 Å². The third-order valence-electron chi connectivity index (χ3n) is 3.75.